The van der Waals surface area contributed by atoms with E-state index in [0.29, 0.717) is 16.3 Å². The lowest BCUT2D eigenvalue weighted by atomic mass is 10.0. The first-order valence-corrected chi connectivity index (χ1v) is 8.32. The van der Waals surface area contributed by atoms with Crippen LogP contribution in [-0.2, 0) is 4.79 Å². The van der Waals surface area contributed by atoms with E-state index in [0.717, 1.165) is 0 Å². The molecule has 1 aliphatic heterocycles. The van der Waals surface area contributed by atoms with Crippen LogP contribution in [0, 0.1) is 0 Å². The summed E-state index contributed by atoms with van der Waals surface area (Å²) in [4.78, 5) is 27.8. The van der Waals surface area contributed by atoms with Crippen molar-refractivity contribution < 1.29 is 23.1 Å². The molecule has 1 aromatic heterocycles. The van der Waals surface area contributed by atoms with Crippen LogP contribution in [0.25, 0.3) is 0 Å². The van der Waals surface area contributed by atoms with Crippen LogP contribution in [0.1, 0.15) is 17.3 Å². The van der Waals surface area contributed by atoms with E-state index in [4.69, 9.17) is 11.6 Å². The fraction of sp³-hybridized carbons (Fsp3) is 0.235. The molecule has 1 aromatic carbocycles. The van der Waals surface area contributed by atoms with Gasteiger partial charge < -0.3 is 20.7 Å². The van der Waals surface area contributed by atoms with Crippen molar-refractivity contribution in [1.29, 1.82) is 0 Å². The highest BCUT2D eigenvalue weighted by atomic mass is 35.5. The normalized spacial score (nSPS) is 17.2. The van der Waals surface area contributed by atoms with Crippen LogP contribution in [0.5, 0.6) is 5.88 Å². The number of hydrogen-bond donors (Lipinski definition) is 3. The number of urea groups is 1. The van der Waals surface area contributed by atoms with Gasteiger partial charge in [-0.2, -0.15) is 8.78 Å². The Labute approximate surface area is 158 Å². The fourth-order valence-corrected chi connectivity index (χ4v) is 2.71. The lowest BCUT2D eigenvalue weighted by Crippen LogP contribution is -2.44. The average molecular weight is 397 g/mol. The summed E-state index contributed by atoms with van der Waals surface area (Å²) in [6, 6.07) is 9.03. The van der Waals surface area contributed by atoms with Crippen LogP contribution >= 0.6 is 11.6 Å². The number of carbonyl (C=O) groups is 2. The highest BCUT2D eigenvalue weighted by Crippen LogP contribution is 2.24. The minimum absolute atomic E-state index is 0.139. The molecule has 0 saturated carbocycles. The van der Waals surface area contributed by atoms with Crippen molar-refractivity contribution in [3.8, 4) is 5.88 Å². The topological polar surface area (TPSA) is 92.4 Å². The van der Waals surface area contributed by atoms with Crippen LogP contribution in [0.15, 0.2) is 42.5 Å². The van der Waals surface area contributed by atoms with Gasteiger partial charge in [0.05, 0.1) is 11.7 Å². The first-order valence-electron chi connectivity index (χ1n) is 7.94. The summed E-state index contributed by atoms with van der Waals surface area (Å²) in [6.07, 6.45) is 0. The van der Waals surface area contributed by atoms with Crippen LogP contribution in [-0.4, -0.2) is 36.1 Å². The molecule has 1 fully saturated rings. The Morgan fingerprint density at radius 3 is 2.63 bits per heavy atom. The first-order chi connectivity index (χ1) is 12.9. The second-order valence-corrected chi connectivity index (χ2v) is 6.12. The molecule has 0 spiro atoms. The minimum Gasteiger partial charge on any atom is -0.417 e. The first kappa shape index (κ1) is 18.8. The van der Waals surface area contributed by atoms with Gasteiger partial charge in [-0.05, 0) is 23.8 Å². The van der Waals surface area contributed by atoms with Gasteiger partial charge in [-0.1, -0.05) is 29.8 Å². The van der Waals surface area contributed by atoms with Crippen molar-refractivity contribution in [1.82, 2.24) is 20.9 Å². The Bertz CT molecular complexity index is 835. The third-order valence-electron chi connectivity index (χ3n) is 3.83. The largest absolute Gasteiger partial charge is 0.417 e. The molecular formula is C17H15ClF2N4O3. The van der Waals surface area contributed by atoms with Crippen molar-refractivity contribution in [3.05, 3.63) is 58.7 Å². The molecule has 7 nitrogen and oxygen atoms in total. The molecule has 2 heterocycles. The van der Waals surface area contributed by atoms with Gasteiger partial charge in [0.1, 0.15) is 6.04 Å². The van der Waals surface area contributed by atoms with E-state index < -0.39 is 30.6 Å². The zero-order valence-electron chi connectivity index (χ0n) is 13.8. The van der Waals surface area contributed by atoms with Crippen LogP contribution in [0.3, 0.4) is 0 Å². The lowest BCUT2D eigenvalue weighted by Gasteiger charge is -2.21. The van der Waals surface area contributed by atoms with E-state index in [9.17, 15) is 18.4 Å². The molecular weight excluding hydrogens is 382 g/mol. The molecule has 142 valence electrons. The molecule has 1 saturated heterocycles. The SMILES string of the molecule is O=C1NC[C@@H](C(=O)N[C@H](c2ccc(Cl)cc2)c2cccc(OC(F)F)n2)N1. The Hall–Kier alpha value is -2.94. The predicted molar refractivity (Wildman–Crippen MR) is 92.6 cm³/mol. The monoisotopic (exact) mass is 396 g/mol. The van der Waals surface area contributed by atoms with Gasteiger partial charge in [0, 0.05) is 17.6 Å². The molecule has 3 N–H and O–H groups in total. The molecule has 2 aromatic rings. The van der Waals surface area contributed by atoms with E-state index in [1.807, 2.05) is 0 Å². The summed E-state index contributed by atoms with van der Waals surface area (Å²) >= 11 is 5.91. The molecule has 3 amide bonds. The van der Waals surface area contributed by atoms with Gasteiger partial charge in [0.25, 0.3) is 0 Å². The van der Waals surface area contributed by atoms with Gasteiger partial charge in [0.2, 0.25) is 11.8 Å². The number of hydrogen-bond acceptors (Lipinski definition) is 4. The van der Waals surface area contributed by atoms with Crippen molar-refractivity contribution >= 4 is 23.5 Å². The summed E-state index contributed by atoms with van der Waals surface area (Å²) in [5.41, 5.74) is 0.924. The number of nitrogens with zero attached hydrogens (tertiary/aromatic N) is 1. The Morgan fingerprint density at radius 1 is 1.26 bits per heavy atom. The molecule has 0 unspecified atom stereocenters. The van der Waals surface area contributed by atoms with Crippen molar-refractivity contribution in [2.75, 3.05) is 6.54 Å². The van der Waals surface area contributed by atoms with E-state index in [1.54, 1.807) is 30.3 Å². The maximum Gasteiger partial charge on any atom is 0.388 e. The number of benzene rings is 1. The number of aromatic nitrogens is 1. The predicted octanol–water partition coefficient (Wildman–Crippen LogP) is 2.22. The number of halogens is 3. The Morgan fingerprint density at radius 2 is 2.00 bits per heavy atom. The average Bonchev–Trinajstić information content (AvgIpc) is 3.07. The quantitative estimate of drug-likeness (QED) is 0.698. The van der Waals surface area contributed by atoms with Gasteiger partial charge >= 0.3 is 12.6 Å². The lowest BCUT2D eigenvalue weighted by molar-refractivity contribution is -0.123. The Balaban J connectivity index is 1.89. The van der Waals surface area contributed by atoms with E-state index in [2.05, 4.69) is 25.7 Å². The molecule has 3 rings (SSSR count). The molecule has 2 atom stereocenters. The number of rotatable bonds is 6. The highest BCUT2D eigenvalue weighted by molar-refractivity contribution is 6.30. The number of ether oxygens (including phenoxy) is 1. The summed E-state index contributed by atoms with van der Waals surface area (Å²) in [5.74, 6) is -0.721. The number of nitrogens with one attached hydrogen (secondary N) is 3. The van der Waals surface area contributed by atoms with E-state index >= 15 is 0 Å². The van der Waals surface area contributed by atoms with Gasteiger partial charge in [-0.3, -0.25) is 4.79 Å². The number of pyridine rings is 1. The van der Waals surface area contributed by atoms with E-state index in [1.165, 1.54) is 12.1 Å². The second kappa shape index (κ2) is 8.17. The summed E-state index contributed by atoms with van der Waals surface area (Å²) in [7, 11) is 0. The van der Waals surface area contributed by atoms with E-state index in [-0.39, 0.29) is 12.4 Å². The number of carbonyl (C=O) groups excluding carboxylic acids is 2. The van der Waals surface area contributed by atoms with Crippen molar-refractivity contribution in [3.63, 3.8) is 0 Å². The van der Waals surface area contributed by atoms with Gasteiger partial charge in [-0.25, -0.2) is 9.78 Å². The summed E-state index contributed by atoms with van der Waals surface area (Å²) < 4.78 is 29.3. The molecule has 27 heavy (non-hydrogen) atoms. The third kappa shape index (κ3) is 4.82. The molecule has 0 radical (unpaired) electrons. The van der Waals surface area contributed by atoms with Gasteiger partial charge in [0.15, 0.2) is 0 Å². The number of amides is 3. The van der Waals surface area contributed by atoms with Crippen molar-refractivity contribution in [2.45, 2.75) is 18.7 Å². The zero-order valence-corrected chi connectivity index (χ0v) is 14.5. The van der Waals surface area contributed by atoms with Crippen LogP contribution in [0.4, 0.5) is 13.6 Å². The highest BCUT2D eigenvalue weighted by Gasteiger charge is 2.29. The fourth-order valence-electron chi connectivity index (χ4n) is 2.59. The van der Waals surface area contributed by atoms with Crippen LogP contribution < -0.4 is 20.7 Å². The standard InChI is InChI=1S/C17H15ClF2N4O3/c18-10-6-4-9(5-7-10)14(24-15(25)12-8-21-17(26)23-12)11-2-1-3-13(22-11)27-16(19)20/h1-7,12,14,16H,8H2,(H,24,25)(H2,21,23,26)/t12-,14+/m0/s1. The smallest absolute Gasteiger partial charge is 0.388 e. The minimum atomic E-state index is -3.02. The second-order valence-electron chi connectivity index (χ2n) is 5.68. The molecule has 0 aliphatic carbocycles. The summed E-state index contributed by atoms with van der Waals surface area (Å²) in [6.45, 7) is -2.88. The maximum atomic E-state index is 12.5. The van der Waals surface area contributed by atoms with Gasteiger partial charge in [-0.15, -0.1) is 0 Å². The molecule has 0 bridgehead atoms. The Kier molecular flexibility index (Phi) is 5.70. The number of alkyl halides is 2. The third-order valence-corrected chi connectivity index (χ3v) is 4.08. The maximum absolute atomic E-state index is 12.5. The zero-order chi connectivity index (χ0) is 19.4. The molecule has 1 aliphatic rings. The summed E-state index contributed by atoms with van der Waals surface area (Å²) in [5, 5.41) is 8.24. The van der Waals surface area contributed by atoms with Crippen molar-refractivity contribution in [2.24, 2.45) is 0 Å². The molecule has 10 heteroatoms. The van der Waals surface area contributed by atoms with Crippen LogP contribution in [0.2, 0.25) is 5.02 Å².